The molecule has 2 aromatic rings. The Labute approximate surface area is 121 Å². The number of nitrogens with two attached hydrogens (primary N) is 1. The van der Waals surface area contributed by atoms with E-state index in [1.807, 2.05) is 12.3 Å². The Bertz CT molecular complexity index is 615. The van der Waals surface area contributed by atoms with Crippen molar-refractivity contribution in [2.45, 2.75) is 11.4 Å². The summed E-state index contributed by atoms with van der Waals surface area (Å²) in [6, 6.07) is 2.01. The number of thioether (sulfide) groups is 1. The summed E-state index contributed by atoms with van der Waals surface area (Å²) in [5, 5.41) is 0. The first-order valence-corrected chi connectivity index (χ1v) is 7.75. The van der Waals surface area contributed by atoms with E-state index in [1.165, 1.54) is 0 Å². The van der Waals surface area contributed by atoms with E-state index in [-0.39, 0.29) is 0 Å². The summed E-state index contributed by atoms with van der Waals surface area (Å²) in [5.41, 5.74) is 7.48. The standard InChI is InChI=1S/C13H17N5OS/c1-20-9-6-10-12(15-7-9)13(14)17-11(16-10)8-18-2-4-19-5-3-18/h6-7H,2-5,8H2,1H3,(H2,14,16,17). The number of anilines is 1. The van der Waals surface area contributed by atoms with Crippen molar-refractivity contribution < 1.29 is 4.74 Å². The maximum Gasteiger partial charge on any atom is 0.153 e. The van der Waals surface area contributed by atoms with Crippen molar-refractivity contribution >= 4 is 28.6 Å². The lowest BCUT2D eigenvalue weighted by molar-refractivity contribution is 0.0331. The average molecular weight is 291 g/mol. The van der Waals surface area contributed by atoms with Gasteiger partial charge < -0.3 is 10.5 Å². The molecule has 0 amide bonds. The highest BCUT2D eigenvalue weighted by molar-refractivity contribution is 7.98. The summed E-state index contributed by atoms with van der Waals surface area (Å²) in [4.78, 5) is 16.6. The molecule has 0 spiro atoms. The monoisotopic (exact) mass is 291 g/mol. The van der Waals surface area contributed by atoms with Crippen molar-refractivity contribution in [3.05, 3.63) is 18.1 Å². The zero-order valence-electron chi connectivity index (χ0n) is 11.4. The number of hydrogen-bond acceptors (Lipinski definition) is 7. The number of nitrogens with zero attached hydrogens (tertiary/aromatic N) is 4. The van der Waals surface area contributed by atoms with Gasteiger partial charge in [-0.15, -0.1) is 11.8 Å². The van der Waals surface area contributed by atoms with E-state index in [2.05, 4.69) is 19.9 Å². The van der Waals surface area contributed by atoms with E-state index >= 15 is 0 Å². The lowest BCUT2D eigenvalue weighted by Gasteiger charge is -2.25. The first kappa shape index (κ1) is 13.5. The zero-order valence-corrected chi connectivity index (χ0v) is 12.2. The van der Waals surface area contributed by atoms with Crippen LogP contribution < -0.4 is 5.73 Å². The normalized spacial score (nSPS) is 16.6. The molecule has 6 nitrogen and oxygen atoms in total. The average Bonchev–Trinajstić information content (AvgIpc) is 2.47. The molecular formula is C13H17N5OS. The maximum absolute atomic E-state index is 5.99. The molecule has 2 aromatic heterocycles. The highest BCUT2D eigenvalue weighted by Gasteiger charge is 2.14. The molecule has 106 valence electrons. The Kier molecular flexibility index (Phi) is 4.00. The molecule has 1 aliphatic heterocycles. The minimum absolute atomic E-state index is 0.450. The fourth-order valence-corrected chi connectivity index (χ4v) is 2.60. The lowest BCUT2D eigenvalue weighted by atomic mass is 10.3. The predicted molar refractivity (Wildman–Crippen MR) is 79.6 cm³/mol. The van der Waals surface area contributed by atoms with Crippen LogP contribution in [0.3, 0.4) is 0 Å². The van der Waals surface area contributed by atoms with Crippen LogP contribution in [0.4, 0.5) is 5.82 Å². The second kappa shape index (κ2) is 5.90. The van der Waals surface area contributed by atoms with Crippen LogP contribution in [0.15, 0.2) is 17.2 Å². The summed E-state index contributed by atoms with van der Waals surface area (Å²) >= 11 is 1.64. The highest BCUT2D eigenvalue weighted by atomic mass is 32.2. The largest absolute Gasteiger partial charge is 0.382 e. The quantitative estimate of drug-likeness (QED) is 0.850. The maximum atomic E-state index is 5.99. The van der Waals surface area contributed by atoms with Gasteiger partial charge in [0.1, 0.15) is 11.3 Å². The molecule has 0 bridgehead atoms. The summed E-state index contributed by atoms with van der Waals surface area (Å²) in [6.07, 6.45) is 3.82. The van der Waals surface area contributed by atoms with E-state index in [0.717, 1.165) is 42.5 Å². The third-order valence-corrected chi connectivity index (χ3v) is 3.98. The second-order valence-electron chi connectivity index (χ2n) is 4.66. The van der Waals surface area contributed by atoms with Crippen molar-refractivity contribution in [2.24, 2.45) is 0 Å². The number of nitrogen functional groups attached to an aromatic ring is 1. The summed E-state index contributed by atoms with van der Waals surface area (Å²) < 4.78 is 5.34. The van der Waals surface area contributed by atoms with E-state index in [1.54, 1.807) is 18.0 Å². The smallest absolute Gasteiger partial charge is 0.153 e. The number of hydrogen-bond donors (Lipinski definition) is 1. The third kappa shape index (κ3) is 2.84. The van der Waals surface area contributed by atoms with Gasteiger partial charge in [0.05, 0.1) is 25.3 Å². The molecule has 3 rings (SSSR count). The molecule has 0 radical (unpaired) electrons. The number of pyridine rings is 1. The Morgan fingerprint density at radius 1 is 1.35 bits per heavy atom. The van der Waals surface area contributed by atoms with Gasteiger partial charge in [0, 0.05) is 24.2 Å². The van der Waals surface area contributed by atoms with Crippen LogP contribution in [0.1, 0.15) is 5.82 Å². The molecule has 1 aliphatic rings. The van der Waals surface area contributed by atoms with Gasteiger partial charge in [0.25, 0.3) is 0 Å². The molecule has 0 unspecified atom stereocenters. The molecule has 0 atom stereocenters. The van der Waals surface area contributed by atoms with Gasteiger partial charge in [-0.05, 0) is 12.3 Å². The number of aromatic nitrogens is 3. The van der Waals surface area contributed by atoms with Crippen LogP contribution in [0.25, 0.3) is 11.0 Å². The van der Waals surface area contributed by atoms with Crippen molar-refractivity contribution in [1.29, 1.82) is 0 Å². The molecule has 20 heavy (non-hydrogen) atoms. The molecule has 7 heteroatoms. The SMILES string of the molecule is CSc1cnc2c(N)nc(CN3CCOCC3)nc2c1. The lowest BCUT2D eigenvalue weighted by Crippen LogP contribution is -2.36. The van der Waals surface area contributed by atoms with Crippen molar-refractivity contribution in [1.82, 2.24) is 19.9 Å². The molecule has 0 aromatic carbocycles. The second-order valence-corrected chi connectivity index (χ2v) is 5.54. The van der Waals surface area contributed by atoms with Crippen molar-refractivity contribution in [3.8, 4) is 0 Å². The number of fused-ring (bicyclic) bond motifs is 1. The Morgan fingerprint density at radius 2 is 2.15 bits per heavy atom. The molecular weight excluding hydrogens is 274 g/mol. The van der Waals surface area contributed by atoms with Gasteiger partial charge in [-0.3, -0.25) is 4.90 Å². The molecule has 2 N–H and O–H groups in total. The van der Waals surface area contributed by atoms with E-state index < -0.39 is 0 Å². The molecule has 0 saturated carbocycles. The molecule has 3 heterocycles. The van der Waals surface area contributed by atoms with Crippen LogP contribution in [0.5, 0.6) is 0 Å². The first-order chi connectivity index (χ1) is 9.76. The Morgan fingerprint density at radius 3 is 2.90 bits per heavy atom. The number of ether oxygens (including phenoxy) is 1. The van der Waals surface area contributed by atoms with E-state index in [9.17, 15) is 0 Å². The van der Waals surface area contributed by atoms with Crippen LogP contribution in [0, 0.1) is 0 Å². The van der Waals surface area contributed by atoms with Gasteiger partial charge >= 0.3 is 0 Å². The third-order valence-electron chi connectivity index (χ3n) is 3.29. The van der Waals surface area contributed by atoms with Gasteiger partial charge in [-0.2, -0.15) is 0 Å². The van der Waals surface area contributed by atoms with Crippen molar-refractivity contribution in [3.63, 3.8) is 0 Å². The predicted octanol–water partition coefficient (Wildman–Crippen LogP) is 1.16. The Balaban J connectivity index is 1.90. The highest BCUT2D eigenvalue weighted by Crippen LogP contribution is 2.21. The number of morpholine rings is 1. The summed E-state index contributed by atoms with van der Waals surface area (Å²) in [5.74, 6) is 1.20. The molecule has 1 fully saturated rings. The fraction of sp³-hybridized carbons (Fsp3) is 0.462. The van der Waals surface area contributed by atoms with Crippen LogP contribution in [0.2, 0.25) is 0 Å². The Hall–Kier alpha value is -1.44. The molecule has 0 aliphatic carbocycles. The van der Waals surface area contributed by atoms with Gasteiger partial charge in [0.15, 0.2) is 5.82 Å². The molecule has 1 saturated heterocycles. The van der Waals surface area contributed by atoms with Gasteiger partial charge in [-0.1, -0.05) is 0 Å². The van der Waals surface area contributed by atoms with E-state index in [0.29, 0.717) is 17.9 Å². The summed E-state index contributed by atoms with van der Waals surface area (Å²) in [6.45, 7) is 4.05. The van der Waals surface area contributed by atoms with Gasteiger partial charge in [0.2, 0.25) is 0 Å². The number of rotatable bonds is 3. The van der Waals surface area contributed by atoms with Gasteiger partial charge in [-0.25, -0.2) is 15.0 Å². The minimum atomic E-state index is 0.450. The van der Waals surface area contributed by atoms with E-state index in [4.69, 9.17) is 10.5 Å². The van der Waals surface area contributed by atoms with Crippen molar-refractivity contribution in [2.75, 3.05) is 38.3 Å². The first-order valence-electron chi connectivity index (χ1n) is 6.52. The van der Waals surface area contributed by atoms with Crippen LogP contribution in [-0.2, 0) is 11.3 Å². The topological polar surface area (TPSA) is 77.2 Å². The van der Waals surface area contributed by atoms with Crippen LogP contribution in [-0.4, -0.2) is 52.4 Å². The fourth-order valence-electron chi connectivity index (χ4n) is 2.21. The summed E-state index contributed by atoms with van der Waals surface area (Å²) in [7, 11) is 0. The zero-order chi connectivity index (χ0) is 13.9. The minimum Gasteiger partial charge on any atom is -0.382 e. The van der Waals surface area contributed by atoms with Crippen LogP contribution >= 0.6 is 11.8 Å².